The molecular weight excluding hydrogens is 725 g/mol. The Morgan fingerprint density at radius 2 is 1.60 bits per heavy atom. The molecule has 1 N–H and O–H groups in total. The van der Waals surface area contributed by atoms with E-state index < -0.39 is 28.5 Å². The van der Waals surface area contributed by atoms with E-state index in [4.69, 9.17) is 27.9 Å². The zero-order valence-corrected chi connectivity index (χ0v) is 29.9. The van der Waals surface area contributed by atoms with Crippen LogP contribution in [-0.4, -0.2) is 50.9 Å². The van der Waals surface area contributed by atoms with Crippen LogP contribution < -0.4 is 14.4 Å². The third-order valence-electron chi connectivity index (χ3n) is 7.29. The average molecular weight is 762 g/mol. The summed E-state index contributed by atoms with van der Waals surface area (Å²) < 4.78 is 35.7. The fourth-order valence-electron chi connectivity index (χ4n) is 4.89. The molecule has 12 heteroatoms. The van der Waals surface area contributed by atoms with E-state index >= 15 is 0 Å². The largest absolute Gasteiger partial charge is 0.494 e. The second kappa shape index (κ2) is 17.0. The number of ether oxygens (including phenoxy) is 1. The average Bonchev–Trinajstić information content (AvgIpc) is 3.06. The highest BCUT2D eigenvalue weighted by Gasteiger charge is 2.35. The third-order valence-corrected chi connectivity index (χ3v) is 10.2. The second-order valence-electron chi connectivity index (χ2n) is 10.6. The first-order valence-corrected chi connectivity index (χ1v) is 18.1. The number of rotatable bonds is 15. The van der Waals surface area contributed by atoms with Gasteiger partial charge >= 0.3 is 0 Å². The van der Waals surface area contributed by atoms with Crippen molar-refractivity contribution in [1.82, 2.24) is 10.2 Å². The number of benzene rings is 4. The maximum Gasteiger partial charge on any atom is 0.264 e. The van der Waals surface area contributed by atoms with Gasteiger partial charge in [-0.2, -0.15) is 0 Å². The SMILES string of the molecule is CCCNC(=O)[C@H](Cc1ccccc1)N(Cc1ccc(Cl)cc1Cl)C(=O)CN(c1ccc(OCC)cc1)S(=O)(=O)c1ccc(Br)cc1. The summed E-state index contributed by atoms with van der Waals surface area (Å²) in [5, 5.41) is 3.66. The predicted molar refractivity (Wildman–Crippen MR) is 191 cm³/mol. The Labute approximate surface area is 294 Å². The van der Waals surface area contributed by atoms with E-state index in [2.05, 4.69) is 21.2 Å². The molecule has 0 unspecified atom stereocenters. The Morgan fingerprint density at radius 1 is 0.915 bits per heavy atom. The Hall–Kier alpha value is -3.57. The van der Waals surface area contributed by atoms with E-state index in [1.54, 1.807) is 54.6 Å². The van der Waals surface area contributed by atoms with Crippen LogP contribution in [0.4, 0.5) is 5.69 Å². The number of carbonyl (C=O) groups excluding carboxylic acids is 2. The Bertz CT molecular complexity index is 1760. The van der Waals surface area contributed by atoms with Gasteiger partial charge in [-0.15, -0.1) is 0 Å². The van der Waals surface area contributed by atoms with Gasteiger partial charge in [0.05, 0.1) is 17.2 Å². The number of halogens is 3. The minimum Gasteiger partial charge on any atom is -0.494 e. The van der Waals surface area contributed by atoms with Crippen LogP contribution in [0.25, 0.3) is 0 Å². The van der Waals surface area contributed by atoms with Gasteiger partial charge in [0.2, 0.25) is 11.8 Å². The van der Waals surface area contributed by atoms with Crippen LogP contribution in [0.3, 0.4) is 0 Å². The van der Waals surface area contributed by atoms with Crippen LogP contribution in [0, 0.1) is 0 Å². The number of nitrogens with one attached hydrogen (secondary N) is 1. The van der Waals surface area contributed by atoms with Gasteiger partial charge in [0.15, 0.2) is 0 Å². The highest BCUT2D eigenvalue weighted by molar-refractivity contribution is 9.10. The van der Waals surface area contributed by atoms with Crippen molar-refractivity contribution in [3.63, 3.8) is 0 Å². The second-order valence-corrected chi connectivity index (χ2v) is 14.3. The summed E-state index contributed by atoms with van der Waals surface area (Å²) in [6.07, 6.45) is 0.883. The lowest BCUT2D eigenvalue weighted by molar-refractivity contribution is -0.140. The highest BCUT2D eigenvalue weighted by atomic mass is 79.9. The predicted octanol–water partition coefficient (Wildman–Crippen LogP) is 7.52. The van der Waals surface area contributed by atoms with Gasteiger partial charge in [0.25, 0.3) is 10.0 Å². The monoisotopic (exact) mass is 759 g/mol. The van der Waals surface area contributed by atoms with Gasteiger partial charge in [-0.1, -0.05) is 82.5 Å². The topological polar surface area (TPSA) is 96.0 Å². The molecule has 8 nitrogen and oxygen atoms in total. The van der Waals surface area contributed by atoms with Gasteiger partial charge < -0.3 is 15.0 Å². The molecular formula is C35H36BrCl2N3O5S. The number of sulfonamides is 1. The molecule has 248 valence electrons. The Morgan fingerprint density at radius 3 is 2.21 bits per heavy atom. The number of nitrogens with zero attached hydrogens (tertiary/aromatic N) is 2. The van der Waals surface area contributed by atoms with Crippen molar-refractivity contribution >= 4 is 66.7 Å². The molecule has 4 aromatic rings. The van der Waals surface area contributed by atoms with E-state index in [1.165, 1.54) is 17.0 Å². The number of hydrogen-bond donors (Lipinski definition) is 1. The summed E-state index contributed by atoms with van der Waals surface area (Å²) in [6.45, 7) is 3.96. The summed E-state index contributed by atoms with van der Waals surface area (Å²) in [7, 11) is -4.25. The molecule has 0 aliphatic heterocycles. The fourth-order valence-corrected chi connectivity index (χ4v) is 7.04. The van der Waals surface area contributed by atoms with Gasteiger partial charge in [0.1, 0.15) is 18.3 Å². The summed E-state index contributed by atoms with van der Waals surface area (Å²) >= 11 is 16.1. The van der Waals surface area contributed by atoms with Crippen LogP contribution in [0.2, 0.25) is 10.0 Å². The van der Waals surface area contributed by atoms with Gasteiger partial charge in [-0.25, -0.2) is 8.42 Å². The molecule has 0 aliphatic carbocycles. The molecule has 0 spiro atoms. The molecule has 4 aromatic carbocycles. The normalized spacial score (nSPS) is 11.9. The first-order chi connectivity index (χ1) is 22.5. The first-order valence-electron chi connectivity index (χ1n) is 15.1. The van der Waals surface area contributed by atoms with E-state index in [-0.39, 0.29) is 29.5 Å². The number of anilines is 1. The summed E-state index contributed by atoms with van der Waals surface area (Å²) in [4.78, 5) is 29.7. The maximum absolute atomic E-state index is 14.6. The van der Waals surface area contributed by atoms with Crippen molar-refractivity contribution in [1.29, 1.82) is 0 Å². The molecule has 0 radical (unpaired) electrons. The molecule has 2 amide bonds. The lowest BCUT2D eigenvalue weighted by Crippen LogP contribution is -2.53. The van der Waals surface area contributed by atoms with Crippen molar-refractivity contribution in [2.24, 2.45) is 0 Å². The van der Waals surface area contributed by atoms with Gasteiger partial charge in [-0.3, -0.25) is 13.9 Å². The maximum atomic E-state index is 14.6. The lowest BCUT2D eigenvalue weighted by atomic mass is 10.0. The summed E-state index contributed by atoms with van der Waals surface area (Å²) in [5.74, 6) is -0.409. The van der Waals surface area contributed by atoms with Gasteiger partial charge in [0, 0.05) is 34.0 Å². The van der Waals surface area contributed by atoms with Crippen molar-refractivity contribution in [2.75, 3.05) is 24.0 Å². The quantitative estimate of drug-likeness (QED) is 0.135. The molecule has 0 saturated carbocycles. The van der Waals surface area contributed by atoms with Crippen LogP contribution in [0.5, 0.6) is 5.75 Å². The Balaban J connectivity index is 1.81. The minimum atomic E-state index is -4.25. The van der Waals surface area contributed by atoms with Crippen LogP contribution in [0.1, 0.15) is 31.4 Å². The summed E-state index contributed by atoms with van der Waals surface area (Å²) in [6, 6.07) is 25.9. The number of hydrogen-bond acceptors (Lipinski definition) is 5. The fraction of sp³-hybridized carbons (Fsp3) is 0.257. The zero-order chi connectivity index (χ0) is 34.0. The van der Waals surface area contributed by atoms with Crippen LogP contribution >= 0.6 is 39.1 Å². The molecule has 4 rings (SSSR count). The lowest BCUT2D eigenvalue weighted by Gasteiger charge is -2.34. The molecule has 0 saturated heterocycles. The molecule has 0 heterocycles. The van der Waals surface area contributed by atoms with E-state index in [1.807, 2.05) is 44.2 Å². The zero-order valence-electron chi connectivity index (χ0n) is 26.0. The molecule has 0 bridgehead atoms. The Kier molecular flexibility index (Phi) is 13.1. The smallest absolute Gasteiger partial charge is 0.264 e. The highest BCUT2D eigenvalue weighted by Crippen LogP contribution is 2.29. The third kappa shape index (κ3) is 9.73. The van der Waals surface area contributed by atoms with Crippen molar-refractivity contribution in [2.45, 2.75) is 44.2 Å². The van der Waals surface area contributed by atoms with Gasteiger partial charge in [-0.05, 0) is 85.1 Å². The molecule has 1 atom stereocenters. The first kappa shape index (κ1) is 36.3. The van der Waals surface area contributed by atoms with E-state index in [0.717, 1.165) is 9.87 Å². The number of carbonyl (C=O) groups is 2. The molecule has 0 aliphatic rings. The van der Waals surface area contributed by atoms with Crippen molar-refractivity contribution in [3.8, 4) is 5.75 Å². The molecule has 0 aromatic heterocycles. The van der Waals surface area contributed by atoms with Crippen LogP contribution in [0.15, 0.2) is 106 Å². The standard InChI is InChI=1S/C35H36BrCl2N3O5S/c1-3-20-39-35(43)33(21-25-8-6-5-7-9-25)40(23-26-10-13-28(37)22-32(26)38)34(42)24-41(29-14-16-30(17-15-29)46-4-2)47(44,45)31-18-11-27(36)12-19-31/h5-19,22,33H,3-4,20-21,23-24H2,1-2H3,(H,39,43)/t33-/m0/s1. The summed E-state index contributed by atoms with van der Waals surface area (Å²) in [5.41, 5.74) is 1.63. The van der Waals surface area contributed by atoms with E-state index in [9.17, 15) is 18.0 Å². The van der Waals surface area contributed by atoms with Crippen molar-refractivity contribution in [3.05, 3.63) is 123 Å². The molecule has 0 fully saturated rings. The minimum absolute atomic E-state index is 0.00351. The van der Waals surface area contributed by atoms with Crippen molar-refractivity contribution < 1.29 is 22.7 Å². The molecule has 47 heavy (non-hydrogen) atoms. The van der Waals surface area contributed by atoms with Crippen LogP contribution in [-0.2, 0) is 32.6 Å². The van der Waals surface area contributed by atoms with E-state index in [0.29, 0.717) is 45.4 Å². The number of amides is 2.